The van der Waals surface area contributed by atoms with Gasteiger partial charge in [0.25, 0.3) is 11.8 Å². The first-order valence-electron chi connectivity index (χ1n) is 32.7. The van der Waals surface area contributed by atoms with Crippen LogP contribution in [0.4, 0.5) is 0 Å². The summed E-state index contributed by atoms with van der Waals surface area (Å²) in [6, 6.07) is 31.2. The van der Waals surface area contributed by atoms with Crippen molar-refractivity contribution in [2.24, 2.45) is 11.8 Å². The van der Waals surface area contributed by atoms with Crippen LogP contribution in [0.25, 0.3) is 11.1 Å². The van der Waals surface area contributed by atoms with Crippen LogP contribution < -0.4 is 31.9 Å². The van der Waals surface area contributed by atoms with Gasteiger partial charge in [0.15, 0.2) is 0 Å². The maximum atomic E-state index is 14.7. The molecule has 88 heavy (non-hydrogen) atoms. The Bertz CT molecular complexity index is 2720. The number of likely N-dealkylation sites (tertiary alicyclic amines) is 2. The van der Waals surface area contributed by atoms with Crippen molar-refractivity contribution >= 4 is 47.3 Å². The molecule has 0 spiro atoms. The van der Waals surface area contributed by atoms with Gasteiger partial charge in [-0.2, -0.15) is 0 Å². The SMILES string of the molecule is CN[C@@H](C)C(=O)N[C@H](C(=O)N1CCCC[C@@H]1CN(CCc1ccccc1)C(=O)CNC(=O)c1ccc(-c2ccc(C(=O)NCC(=O)N(CCc3ccccc3)C[C@@H]3CCCCN3C(=O)[C@@H](NC(=O)[C@H](C)NC)C3CCCCC3)cc2)cc1)C1CCCCC1. The van der Waals surface area contributed by atoms with Gasteiger partial charge in [-0.1, -0.05) is 123 Å². The van der Waals surface area contributed by atoms with Gasteiger partial charge in [-0.05, 0) is 163 Å². The fourth-order valence-electron chi connectivity index (χ4n) is 13.2. The molecule has 2 saturated carbocycles. The highest BCUT2D eigenvalue weighted by Crippen LogP contribution is 2.32. The Morgan fingerprint density at radius 3 is 1.16 bits per heavy atom. The van der Waals surface area contributed by atoms with E-state index in [1.165, 1.54) is 0 Å². The molecule has 0 aromatic heterocycles. The van der Waals surface area contributed by atoms with E-state index in [4.69, 9.17) is 0 Å². The first-order chi connectivity index (χ1) is 42.7. The molecule has 2 aliphatic heterocycles. The quantitative estimate of drug-likeness (QED) is 0.0357. The molecule has 0 radical (unpaired) electrons. The molecule has 2 heterocycles. The highest BCUT2D eigenvalue weighted by molar-refractivity contribution is 5.98. The largest absolute Gasteiger partial charge is 0.343 e. The Kier molecular flexibility index (Phi) is 25.5. The van der Waals surface area contributed by atoms with Crippen LogP contribution in [0.2, 0.25) is 0 Å². The predicted octanol–water partition coefficient (Wildman–Crippen LogP) is 7.06. The van der Waals surface area contributed by atoms with Gasteiger partial charge in [-0.25, -0.2) is 0 Å². The van der Waals surface area contributed by atoms with E-state index < -0.39 is 36.0 Å². The number of hydrogen-bond donors (Lipinski definition) is 6. The lowest BCUT2D eigenvalue weighted by Crippen LogP contribution is -2.60. The third kappa shape index (κ3) is 18.8. The van der Waals surface area contributed by atoms with Crippen molar-refractivity contribution in [3.05, 3.63) is 131 Å². The summed E-state index contributed by atoms with van der Waals surface area (Å²) in [7, 11) is 3.46. The summed E-state index contributed by atoms with van der Waals surface area (Å²) in [6.45, 7) is 5.60. The van der Waals surface area contributed by atoms with Crippen molar-refractivity contribution in [3.63, 3.8) is 0 Å². The number of piperidine rings is 2. The van der Waals surface area contributed by atoms with Gasteiger partial charge in [-0.15, -0.1) is 0 Å². The molecule has 18 nitrogen and oxygen atoms in total. The predicted molar refractivity (Wildman–Crippen MR) is 343 cm³/mol. The van der Waals surface area contributed by atoms with Gasteiger partial charge in [-0.3, -0.25) is 38.4 Å². The van der Waals surface area contributed by atoms with E-state index in [1.807, 2.05) is 94.7 Å². The second-order valence-corrected chi connectivity index (χ2v) is 24.8. The lowest BCUT2D eigenvalue weighted by molar-refractivity contribution is -0.144. The van der Waals surface area contributed by atoms with Crippen LogP contribution in [0.5, 0.6) is 0 Å². The summed E-state index contributed by atoms with van der Waals surface area (Å²) in [5, 5.41) is 18.0. The molecule has 8 rings (SSSR count). The first kappa shape index (κ1) is 66.5. The van der Waals surface area contributed by atoms with Gasteiger partial charge >= 0.3 is 0 Å². The zero-order chi connectivity index (χ0) is 62.4. The standard InChI is InChI=1S/C70H96N10O8/c1-49(71-3)65(83)75-63(55-25-13-7-14-26-55)69(87)79-41-19-17-29-59(79)47-77(43-39-51-21-9-5-10-22-51)61(81)45-73-67(85)57-35-31-53(32-36-57)54-33-37-58(38-34-54)68(86)74-46-62(82)78(44-40-52-23-11-6-12-24-52)48-60-30-18-20-42-80(60)70(88)64(56-27-15-8-16-28-56)76-66(84)50(2)72-4/h5-6,9-12,21-24,31-38,49-50,55-56,59-60,63-64,71-72H,7-8,13-20,25-30,39-48H2,1-4H3,(H,73,85)(H,74,86)(H,75,83)(H,76,84)/t49-,50-,59-,60+,63-,64-/m0/s1. The fourth-order valence-corrected chi connectivity index (χ4v) is 13.2. The molecule has 18 heteroatoms. The molecule has 0 unspecified atom stereocenters. The summed E-state index contributed by atoms with van der Waals surface area (Å²) < 4.78 is 0. The zero-order valence-electron chi connectivity index (χ0n) is 52.5. The number of amides is 8. The Hall–Kier alpha value is -7.44. The van der Waals surface area contributed by atoms with Crippen LogP contribution in [0, 0.1) is 11.8 Å². The van der Waals surface area contributed by atoms with Crippen molar-refractivity contribution in [2.75, 3.05) is 66.5 Å². The smallest absolute Gasteiger partial charge is 0.251 e. The molecular weight excluding hydrogens is 1110 g/mol. The maximum absolute atomic E-state index is 14.7. The minimum atomic E-state index is -0.639. The lowest BCUT2D eigenvalue weighted by Gasteiger charge is -2.42. The van der Waals surface area contributed by atoms with E-state index in [2.05, 4.69) is 31.9 Å². The van der Waals surface area contributed by atoms with E-state index in [0.29, 0.717) is 63.2 Å². The molecule has 4 aromatic rings. The third-order valence-electron chi connectivity index (χ3n) is 18.9. The summed E-state index contributed by atoms with van der Waals surface area (Å²) in [5.41, 5.74) is 4.49. The van der Waals surface area contributed by atoms with Crippen LogP contribution in [-0.4, -0.2) is 170 Å². The Morgan fingerprint density at radius 2 is 0.807 bits per heavy atom. The van der Waals surface area contributed by atoms with Crippen molar-refractivity contribution in [2.45, 2.75) is 166 Å². The number of carbonyl (C=O) groups is 8. The number of nitrogens with one attached hydrogen (secondary N) is 6. The second kappa shape index (κ2) is 33.8. The van der Waals surface area contributed by atoms with Crippen LogP contribution in [-0.2, 0) is 41.6 Å². The molecule has 6 atom stereocenters. The second-order valence-electron chi connectivity index (χ2n) is 24.8. The van der Waals surface area contributed by atoms with Crippen molar-refractivity contribution in [1.82, 2.24) is 51.5 Å². The first-order valence-corrected chi connectivity index (χ1v) is 32.7. The summed E-state index contributed by atoms with van der Waals surface area (Å²) >= 11 is 0. The Morgan fingerprint density at radius 1 is 0.455 bits per heavy atom. The van der Waals surface area contributed by atoms with Gasteiger partial charge in [0, 0.05) is 62.5 Å². The van der Waals surface area contributed by atoms with Gasteiger partial charge in [0.1, 0.15) is 12.1 Å². The van der Waals surface area contributed by atoms with Crippen LogP contribution in [0.15, 0.2) is 109 Å². The number of carbonyl (C=O) groups excluding carboxylic acids is 8. The van der Waals surface area contributed by atoms with E-state index in [-0.39, 0.29) is 72.5 Å². The summed E-state index contributed by atoms with van der Waals surface area (Å²) in [6.07, 6.45) is 15.9. The molecular formula is C70H96N10O8. The van der Waals surface area contributed by atoms with Gasteiger partial charge < -0.3 is 51.5 Å². The third-order valence-corrected chi connectivity index (χ3v) is 18.9. The fraction of sp³-hybridized carbons (Fsp3) is 0.543. The van der Waals surface area contributed by atoms with E-state index in [9.17, 15) is 38.4 Å². The van der Waals surface area contributed by atoms with Crippen molar-refractivity contribution < 1.29 is 38.4 Å². The minimum absolute atomic E-state index is 0.0450. The molecule has 474 valence electrons. The van der Waals surface area contributed by atoms with Crippen LogP contribution in [0.3, 0.4) is 0 Å². The lowest BCUT2D eigenvalue weighted by atomic mass is 9.82. The Labute approximate surface area is 521 Å². The highest BCUT2D eigenvalue weighted by Gasteiger charge is 2.41. The molecule has 4 aliphatic rings. The maximum Gasteiger partial charge on any atom is 0.251 e. The van der Waals surface area contributed by atoms with E-state index in [0.717, 1.165) is 125 Å². The number of rotatable bonds is 27. The average molecular weight is 1210 g/mol. The molecule has 8 amide bonds. The molecule has 4 fully saturated rings. The van der Waals surface area contributed by atoms with Crippen LogP contribution in [0.1, 0.15) is 148 Å². The van der Waals surface area contributed by atoms with Crippen molar-refractivity contribution in [3.8, 4) is 11.1 Å². The van der Waals surface area contributed by atoms with Gasteiger partial charge in [0.2, 0.25) is 35.4 Å². The van der Waals surface area contributed by atoms with E-state index >= 15 is 0 Å². The highest BCUT2D eigenvalue weighted by atomic mass is 16.2. The zero-order valence-corrected chi connectivity index (χ0v) is 52.5. The van der Waals surface area contributed by atoms with Gasteiger partial charge in [0.05, 0.1) is 25.2 Å². The number of nitrogens with zero attached hydrogens (tertiary/aromatic N) is 4. The molecule has 6 N–H and O–H groups in total. The topological polar surface area (TPSA) is 222 Å². The van der Waals surface area contributed by atoms with E-state index in [1.54, 1.807) is 62.0 Å². The number of likely N-dealkylation sites (N-methyl/N-ethyl adjacent to an activating group) is 2. The number of benzene rings is 4. The minimum Gasteiger partial charge on any atom is -0.343 e. The monoisotopic (exact) mass is 1200 g/mol. The molecule has 4 aromatic carbocycles. The Balaban J connectivity index is 0.875. The number of hydrogen-bond acceptors (Lipinski definition) is 10. The molecule has 0 bridgehead atoms. The summed E-state index contributed by atoms with van der Waals surface area (Å²) in [5.74, 6) is -1.81. The van der Waals surface area contributed by atoms with Crippen molar-refractivity contribution in [1.29, 1.82) is 0 Å². The molecule has 2 aliphatic carbocycles. The van der Waals surface area contributed by atoms with Crippen LogP contribution >= 0.6 is 0 Å². The average Bonchev–Trinajstić information content (AvgIpc) is 2.18. The summed E-state index contributed by atoms with van der Waals surface area (Å²) in [4.78, 5) is 119. The normalized spacial score (nSPS) is 18.8. The molecule has 2 saturated heterocycles.